The van der Waals surface area contributed by atoms with E-state index in [-0.39, 0.29) is 0 Å². The van der Waals surface area contributed by atoms with Crippen molar-refractivity contribution >= 4 is 27.3 Å². The lowest BCUT2D eigenvalue weighted by molar-refractivity contribution is 0.246. The Balaban J connectivity index is 1.85. The molecule has 0 unspecified atom stereocenters. The Labute approximate surface area is 136 Å². The van der Waals surface area contributed by atoms with Gasteiger partial charge in [0.1, 0.15) is 0 Å². The lowest BCUT2D eigenvalue weighted by Crippen LogP contribution is -2.25. The van der Waals surface area contributed by atoms with E-state index in [2.05, 4.69) is 41.2 Å². The van der Waals surface area contributed by atoms with E-state index in [1.165, 1.54) is 73.8 Å². The average molecular weight is 358 g/mol. The molecule has 1 nitrogen and oxygen atoms in total. The van der Waals surface area contributed by atoms with E-state index >= 15 is 0 Å². The molecule has 0 atom stereocenters. The highest BCUT2D eigenvalue weighted by molar-refractivity contribution is 9.11. The van der Waals surface area contributed by atoms with Gasteiger partial charge in [-0.3, -0.25) is 0 Å². The molecule has 1 heterocycles. The third-order valence-electron chi connectivity index (χ3n) is 4.73. The number of thiophene rings is 1. The van der Waals surface area contributed by atoms with Gasteiger partial charge in [0.25, 0.3) is 0 Å². The van der Waals surface area contributed by atoms with E-state index in [1.54, 1.807) is 4.88 Å². The third kappa shape index (κ3) is 4.57. The molecule has 0 bridgehead atoms. The van der Waals surface area contributed by atoms with Gasteiger partial charge in [-0.25, -0.2) is 0 Å². The first-order valence-electron chi connectivity index (χ1n) is 8.11. The van der Waals surface area contributed by atoms with Crippen molar-refractivity contribution in [1.82, 2.24) is 5.32 Å². The zero-order valence-corrected chi connectivity index (χ0v) is 15.3. The summed E-state index contributed by atoms with van der Waals surface area (Å²) in [5.74, 6) is 0. The molecule has 114 valence electrons. The number of hydrogen-bond acceptors (Lipinski definition) is 2. The number of hydrogen-bond donors (Lipinski definition) is 1. The number of halogens is 1. The minimum absolute atomic E-state index is 0.630. The van der Waals surface area contributed by atoms with Gasteiger partial charge in [0, 0.05) is 4.88 Å². The van der Waals surface area contributed by atoms with Crippen molar-refractivity contribution in [1.29, 1.82) is 0 Å². The van der Waals surface area contributed by atoms with E-state index in [9.17, 15) is 0 Å². The molecule has 1 N–H and O–H groups in total. The molecule has 0 aliphatic heterocycles. The van der Waals surface area contributed by atoms with Crippen molar-refractivity contribution in [2.24, 2.45) is 5.41 Å². The summed E-state index contributed by atoms with van der Waals surface area (Å²) in [5.41, 5.74) is 2.03. The molecule has 0 radical (unpaired) electrons. The largest absolute Gasteiger partial charge is 0.317 e. The Morgan fingerprint density at radius 1 is 1.25 bits per heavy atom. The lowest BCUT2D eigenvalue weighted by atomic mass is 9.78. The van der Waals surface area contributed by atoms with Crippen molar-refractivity contribution in [3.63, 3.8) is 0 Å². The van der Waals surface area contributed by atoms with E-state index in [0.717, 1.165) is 0 Å². The van der Waals surface area contributed by atoms with Gasteiger partial charge in [0.05, 0.1) is 3.79 Å². The summed E-state index contributed by atoms with van der Waals surface area (Å²) in [6.07, 6.45) is 11.1. The highest BCUT2D eigenvalue weighted by Crippen LogP contribution is 2.45. The third-order valence-corrected chi connectivity index (χ3v) is 6.93. The van der Waals surface area contributed by atoms with E-state index in [4.69, 9.17) is 0 Å². The van der Waals surface area contributed by atoms with Crippen molar-refractivity contribution < 1.29 is 0 Å². The van der Waals surface area contributed by atoms with Crippen LogP contribution < -0.4 is 5.32 Å². The molecule has 1 aromatic heterocycles. The van der Waals surface area contributed by atoms with Crippen molar-refractivity contribution in [3.8, 4) is 0 Å². The molecule has 0 aromatic carbocycles. The molecule has 1 aliphatic carbocycles. The molecule has 1 aliphatic rings. The molecule has 3 heteroatoms. The van der Waals surface area contributed by atoms with Crippen LogP contribution in [-0.2, 0) is 6.42 Å². The lowest BCUT2D eigenvalue weighted by Gasteiger charge is -2.29. The molecule has 0 spiro atoms. The van der Waals surface area contributed by atoms with Gasteiger partial charge in [0.15, 0.2) is 0 Å². The fourth-order valence-corrected chi connectivity index (χ4v) is 5.07. The number of rotatable bonds is 8. The first-order chi connectivity index (χ1) is 9.65. The minimum Gasteiger partial charge on any atom is -0.317 e. The SMILES string of the molecule is CCCNCCC1(CCc2cc(C)c(Br)s2)CCCC1. The highest BCUT2D eigenvalue weighted by atomic mass is 79.9. The molecule has 0 saturated heterocycles. The Morgan fingerprint density at radius 3 is 2.60 bits per heavy atom. The summed E-state index contributed by atoms with van der Waals surface area (Å²) in [7, 11) is 0. The fraction of sp³-hybridized carbons (Fsp3) is 0.765. The summed E-state index contributed by atoms with van der Waals surface area (Å²) in [5, 5.41) is 3.59. The van der Waals surface area contributed by atoms with Crippen molar-refractivity contribution in [3.05, 3.63) is 20.3 Å². The quantitative estimate of drug-likeness (QED) is 0.588. The van der Waals surface area contributed by atoms with E-state index in [1.807, 2.05) is 11.3 Å². The number of aryl methyl sites for hydroxylation is 2. The second-order valence-electron chi connectivity index (χ2n) is 6.38. The van der Waals surface area contributed by atoms with Crippen LogP contribution in [0.1, 0.15) is 62.3 Å². The molecular formula is C17H28BrNS. The predicted molar refractivity (Wildman–Crippen MR) is 93.8 cm³/mol. The fourth-order valence-electron chi connectivity index (χ4n) is 3.44. The average Bonchev–Trinajstić information content (AvgIpc) is 3.02. The monoisotopic (exact) mass is 357 g/mol. The van der Waals surface area contributed by atoms with Crippen molar-refractivity contribution in [2.75, 3.05) is 13.1 Å². The van der Waals surface area contributed by atoms with Crippen LogP contribution in [0.4, 0.5) is 0 Å². The zero-order chi connectivity index (χ0) is 14.4. The Morgan fingerprint density at radius 2 is 2.00 bits per heavy atom. The van der Waals surface area contributed by atoms with Crippen LogP contribution in [0.15, 0.2) is 9.85 Å². The minimum atomic E-state index is 0.630. The van der Waals surface area contributed by atoms with Crippen LogP contribution in [0.25, 0.3) is 0 Å². The smallest absolute Gasteiger partial charge is 0.0730 e. The van der Waals surface area contributed by atoms with Crippen LogP contribution in [-0.4, -0.2) is 13.1 Å². The van der Waals surface area contributed by atoms with Gasteiger partial charge < -0.3 is 5.32 Å². The maximum atomic E-state index is 3.65. The van der Waals surface area contributed by atoms with Gasteiger partial charge in [-0.15, -0.1) is 11.3 Å². The standard InChI is InChI=1S/C17H28BrNS/c1-3-11-19-12-10-17(7-4-5-8-17)9-6-15-13-14(2)16(18)20-15/h13,19H,3-12H2,1-2H3. The van der Waals surface area contributed by atoms with Crippen LogP contribution in [0, 0.1) is 12.3 Å². The Kier molecular flexibility index (Phi) is 6.57. The molecule has 1 aromatic rings. The van der Waals surface area contributed by atoms with Crippen LogP contribution in [0.3, 0.4) is 0 Å². The summed E-state index contributed by atoms with van der Waals surface area (Å²) in [6.45, 7) is 6.83. The normalized spacial score (nSPS) is 17.8. The summed E-state index contributed by atoms with van der Waals surface area (Å²) in [6, 6.07) is 2.37. The van der Waals surface area contributed by atoms with Gasteiger partial charge in [0.2, 0.25) is 0 Å². The summed E-state index contributed by atoms with van der Waals surface area (Å²) < 4.78 is 1.32. The Hall–Kier alpha value is 0.140. The molecule has 2 rings (SSSR count). The van der Waals surface area contributed by atoms with Crippen molar-refractivity contribution in [2.45, 2.75) is 65.2 Å². The van der Waals surface area contributed by atoms with Gasteiger partial charge in [-0.2, -0.15) is 0 Å². The maximum Gasteiger partial charge on any atom is 0.0730 e. The first kappa shape index (κ1) is 16.5. The first-order valence-corrected chi connectivity index (χ1v) is 9.72. The summed E-state index contributed by atoms with van der Waals surface area (Å²) >= 11 is 5.58. The molecule has 0 amide bonds. The van der Waals surface area contributed by atoms with E-state index < -0.39 is 0 Å². The summed E-state index contributed by atoms with van der Waals surface area (Å²) in [4.78, 5) is 1.56. The molecule has 1 saturated carbocycles. The van der Waals surface area contributed by atoms with Crippen LogP contribution in [0.2, 0.25) is 0 Å². The second kappa shape index (κ2) is 7.95. The molecular weight excluding hydrogens is 330 g/mol. The maximum absolute atomic E-state index is 3.65. The highest BCUT2D eigenvalue weighted by Gasteiger charge is 2.32. The Bertz CT molecular complexity index is 388. The molecule has 1 fully saturated rings. The van der Waals surface area contributed by atoms with Crippen LogP contribution >= 0.6 is 27.3 Å². The topological polar surface area (TPSA) is 12.0 Å². The zero-order valence-electron chi connectivity index (χ0n) is 12.9. The van der Waals surface area contributed by atoms with Gasteiger partial charge in [-0.1, -0.05) is 19.8 Å². The number of nitrogens with one attached hydrogen (secondary N) is 1. The predicted octanol–water partition coefficient (Wildman–Crippen LogP) is 5.70. The van der Waals surface area contributed by atoms with Gasteiger partial charge in [-0.05, 0) is 91.5 Å². The van der Waals surface area contributed by atoms with Gasteiger partial charge >= 0.3 is 0 Å². The molecule has 20 heavy (non-hydrogen) atoms. The van der Waals surface area contributed by atoms with Crippen LogP contribution in [0.5, 0.6) is 0 Å². The second-order valence-corrected chi connectivity index (χ2v) is 8.83. The van der Waals surface area contributed by atoms with E-state index in [0.29, 0.717) is 5.41 Å².